The van der Waals surface area contributed by atoms with Gasteiger partial charge in [-0.15, -0.1) is 0 Å². The molecular weight excluding hydrogens is 224 g/mol. The predicted molar refractivity (Wildman–Crippen MR) is 74.4 cm³/mol. The molecule has 3 nitrogen and oxygen atoms in total. The molecule has 0 saturated carbocycles. The van der Waals surface area contributed by atoms with Gasteiger partial charge >= 0.3 is 0 Å². The normalized spacial score (nSPS) is 15.7. The summed E-state index contributed by atoms with van der Waals surface area (Å²) in [6, 6.07) is 7.16. The molecule has 1 aliphatic heterocycles. The van der Waals surface area contributed by atoms with Gasteiger partial charge in [0.2, 0.25) is 0 Å². The molecule has 2 N–H and O–H groups in total. The minimum absolute atomic E-state index is 0.501. The van der Waals surface area contributed by atoms with Gasteiger partial charge in [-0.3, -0.25) is 0 Å². The third-order valence-corrected chi connectivity index (χ3v) is 3.32. The van der Waals surface area contributed by atoms with Crippen molar-refractivity contribution in [2.45, 2.75) is 46.1 Å². The van der Waals surface area contributed by atoms with E-state index in [0.29, 0.717) is 6.04 Å². The zero-order valence-electron chi connectivity index (χ0n) is 11.5. The van der Waals surface area contributed by atoms with Crippen LogP contribution in [0.5, 0.6) is 0 Å². The Balaban J connectivity index is 1.76. The van der Waals surface area contributed by atoms with Gasteiger partial charge in [-0.1, -0.05) is 25.1 Å². The maximum Gasteiger partial charge on any atom is 0.0725 e. The minimum atomic E-state index is 0.501. The lowest BCUT2D eigenvalue weighted by atomic mass is 10.1. The Hall–Kier alpha value is -0.900. The van der Waals surface area contributed by atoms with E-state index in [2.05, 4.69) is 42.7 Å². The first-order valence-corrected chi connectivity index (χ1v) is 6.92. The SMILES string of the molecule is CCCNCC(C)NCc1ccc2c(c1)COC2. The monoisotopic (exact) mass is 248 g/mol. The largest absolute Gasteiger partial charge is 0.372 e. The molecule has 0 saturated heterocycles. The highest BCUT2D eigenvalue weighted by molar-refractivity contribution is 5.33. The van der Waals surface area contributed by atoms with Gasteiger partial charge in [-0.2, -0.15) is 0 Å². The van der Waals surface area contributed by atoms with E-state index in [-0.39, 0.29) is 0 Å². The molecule has 0 aliphatic carbocycles. The summed E-state index contributed by atoms with van der Waals surface area (Å²) in [6.45, 7) is 9.03. The van der Waals surface area contributed by atoms with Crippen LogP contribution in [0.1, 0.15) is 37.0 Å². The number of fused-ring (bicyclic) bond motifs is 1. The topological polar surface area (TPSA) is 33.3 Å². The zero-order chi connectivity index (χ0) is 12.8. The maximum absolute atomic E-state index is 5.43. The molecule has 0 fully saturated rings. The third kappa shape index (κ3) is 3.80. The predicted octanol–water partition coefficient (Wildman–Crippen LogP) is 2.19. The van der Waals surface area contributed by atoms with Gasteiger partial charge in [0.05, 0.1) is 13.2 Å². The van der Waals surface area contributed by atoms with Crippen molar-refractivity contribution in [3.63, 3.8) is 0 Å². The Bertz CT molecular complexity index is 379. The van der Waals surface area contributed by atoms with Crippen molar-refractivity contribution < 1.29 is 4.74 Å². The van der Waals surface area contributed by atoms with E-state index in [1.54, 1.807) is 0 Å². The van der Waals surface area contributed by atoms with Crippen molar-refractivity contribution in [2.75, 3.05) is 13.1 Å². The van der Waals surface area contributed by atoms with Gasteiger partial charge < -0.3 is 15.4 Å². The van der Waals surface area contributed by atoms with Crippen LogP contribution in [-0.2, 0) is 24.5 Å². The Morgan fingerprint density at radius 1 is 1.28 bits per heavy atom. The van der Waals surface area contributed by atoms with Crippen LogP contribution in [0.3, 0.4) is 0 Å². The van der Waals surface area contributed by atoms with E-state index in [9.17, 15) is 0 Å². The van der Waals surface area contributed by atoms with Crippen LogP contribution in [0.25, 0.3) is 0 Å². The summed E-state index contributed by atoms with van der Waals surface area (Å²) in [5.74, 6) is 0. The number of benzene rings is 1. The Morgan fingerprint density at radius 2 is 2.11 bits per heavy atom. The van der Waals surface area contributed by atoms with Gasteiger partial charge in [-0.05, 0) is 36.6 Å². The fraction of sp³-hybridized carbons (Fsp3) is 0.600. The lowest BCUT2D eigenvalue weighted by Gasteiger charge is -2.14. The number of rotatable bonds is 7. The quantitative estimate of drug-likeness (QED) is 0.726. The van der Waals surface area contributed by atoms with Gasteiger partial charge in [0.1, 0.15) is 0 Å². The molecule has 1 unspecified atom stereocenters. The van der Waals surface area contributed by atoms with Crippen LogP contribution in [0.15, 0.2) is 18.2 Å². The van der Waals surface area contributed by atoms with Gasteiger partial charge in [-0.25, -0.2) is 0 Å². The van der Waals surface area contributed by atoms with Crippen LogP contribution in [0, 0.1) is 0 Å². The van der Waals surface area contributed by atoms with E-state index in [0.717, 1.165) is 32.8 Å². The molecule has 0 radical (unpaired) electrons. The molecule has 1 aliphatic rings. The van der Waals surface area contributed by atoms with E-state index in [4.69, 9.17) is 4.74 Å². The molecule has 1 aromatic rings. The molecule has 18 heavy (non-hydrogen) atoms. The summed E-state index contributed by atoms with van der Waals surface area (Å²) in [6.07, 6.45) is 1.19. The van der Waals surface area contributed by atoms with E-state index in [1.807, 2.05) is 0 Å². The number of hydrogen-bond acceptors (Lipinski definition) is 3. The first-order valence-electron chi connectivity index (χ1n) is 6.92. The summed E-state index contributed by atoms with van der Waals surface area (Å²) in [5.41, 5.74) is 4.05. The summed E-state index contributed by atoms with van der Waals surface area (Å²) in [5, 5.41) is 6.98. The summed E-state index contributed by atoms with van der Waals surface area (Å²) in [4.78, 5) is 0. The molecule has 1 aromatic carbocycles. The van der Waals surface area contributed by atoms with Crippen LogP contribution >= 0.6 is 0 Å². The third-order valence-electron chi connectivity index (χ3n) is 3.32. The van der Waals surface area contributed by atoms with Gasteiger partial charge in [0.15, 0.2) is 0 Å². The molecule has 1 atom stereocenters. The van der Waals surface area contributed by atoms with Crippen molar-refractivity contribution in [3.05, 3.63) is 34.9 Å². The van der Waals surface area contributed by atoms with E-state index >= 15 is 0 Å². The average molecular weight is 248 g/mol. The Morgan fingerprint density at radius 3 is 2.94 bits per heavy atom. The van der Waals surface area contributed by atoms with Gasteiger partial charge in [0, 0.05) is 19.1 Å². The smallest absolute Gasteiger partial charge is 0.0725 e. The summed E-state index contributed by atoms with van der Waals surface area (Å²) >= 11 is 0. The number of ether oxygens (including phenoxy) is 1. The van der Waals surface area contributed by atoms with Crippen LogP contribution in [0.4, 0.5) is 0 Å². The molecule has 100 valence electrons. The highest BCUT2D eigenvalue weighted by atomic mass is 16.5. The second-order valence-electron chi connectivity index (χ2n) is 5.08. The van der Waals surface area contributed by atoms with Crippen molar-refractivity contribution >= 4 is 0 Å². The van der Waals surface area contributed by atoms with Crippen molar-refractivity contribution in [2.24, 2.45) is 0 Å². The average Bonchev–Trinajstić information content (AvgIpc) is 2.84. The second kappa shape index (κ2) is 6.88. The van der Waals surface area contributed by atoms with Crippen molar-refractivity contribution in [1.82, 2.24) is 10.6 Å². The molecule has 0 spiro atoms. The molecule has 2 rings (SSSR count). The first-order chi connectivity index (χ1) is 8.79. The molecule has 1 heterocycles. The van der Waals surface area contributed by atoms with Crippen molar-refractivity contribution in [1.29, 1.82) is 0 Å². The van der Waals surface area contributed by atoms with Crippen molar-refractivity contribution in [3.8, 4) is 0 Å². The zero-order valence-corrected chi connectivity index (χ0v) is 11.5. The maximum atomic E-state index is 5.43. The summed E-state index contributed by atoms with van der Waals surface area (Å²) < 4.78 is 5.43. The molecule has 0 bridgehead atoms. The summed E-state index contributed by atoms with van der Waals surface area (Å²) in [7, 11) is 0. The lowest BCUT2D eigenvalue weighted by molar-refractivity contribution is 0.134. The Kier molecular flexibility index (Phi) is 5.17. The molecular formula is C15H24N2O. The minimum Gasteiger partial charge on any atom is -0.372 e. The van der Waals surface area contributed by atoms with Crippen LogP contribution in [0.2, 0.25) is 0 Å². The van der Waals surface area contributed by atoms with Crippen LogP contribution in [-0.4, -0.2) is 19.1 Å². The number of nitrogens with one attached hydrogen (secondary N) is 2. The van der Waals surface area contributed by atoms with Crippen LogP contribution < -0.4 is 10.6 Å². The van der Waals surface area contributed by atoms with Gasteiger partial charge in [0.25, 0.3) is 0 Å². The van der Waals surface area contributed by atoms with E-state index < -0.39 is 0 Å². The highest BCUT2D eigenvalue weighted by Crippen LogP contribution is 2.20. The highest BCUT2D eigenvalue weighted by Gasteiger charge is 2.11. The lowest BCUT2D eigenvalue weighted by Crippen LogP contribution is -2.36. The fourth-order valence-electron chi connectivity index (χ4n) is 2.19. The standard InChI is InChI=1S/C15H24N2O/c1-3-6-16-8-12(2)17-9-13-4-5-14-10-18-11-15(14)7-13/h4-5,7,12,16-17H,3,6,8-11H2,1-2H3. The first kappa shape index (κ1) is 13.5. The molecule has 0 aromatic heterocycles. The Labute approximate surface area is 110 Å². The molecule has 3 heteroatoms. The fourth-order valence-corrected chi connectivity index (χ4v) is 2.19. The number of hydrogen-bond donors (Lipinski definition) is 2. The van der Waals surface area contributed by atoms with E-state index in [1.165, 1.54) is 23.1 Å². The second-order valence-corrected chi connectivity index (χ2v) is 5.08. The molecule has 0 amide bonds.